The van der Waals surface area contributed by atoms with Crippen LogP contribution in [0.1, 0.15) is 27.0 Å². The highest BCUT2D eigenvalue weighted by Gasteiger charge is 2.30. The number of carbonyl (C=O) groups is 1. The lowest BCUT2D eigenvalue weighted by Gasteiger charge is -2.36. The number of piperazine rings is 1. The summed E-state index contributed by atoms with van der Waals surface area (Å²) in [5.41, 5.74) is 2.43. The first-order valence-corrected chi connectivity index (χ1v) is 11.4. The highest BCUT2D eigenvalue weighted by molar-refractivity contribution is 6.30. The molecule has 1 N–H and O–H groups in total. The Labute approximate surface area is 201 Å². The Morgan fingerprint density at radius 3 is 2.21 bits per heavy atom. The van der Waals surface area contributed by atoms with E-state index in [9.17, 15) is 18.0 Å². The van der Waals surface area contributed by atoms with Gasteiger partial charge in [-0.2, -0.15) is 13.2 Å². The molecule has 1 fully saturated rings. The molecule has 0 saturated carbocycles. The number of rotatable bonds is 6. The van der Waals surface area contributed by atoms with Gasteiger partial charge in [0.1, 0.15) is 0 Å². The molecule has 1 aliphatic heterocycles. The molecule has 0 unspecified atom stereocenters. The second-order valence-electron chi connectivity index (χ2n) is 8.32. The van der Waals surface area contributed by atoms with Crippen LogP contribution < -0.4 is 10.2 Å². The van der Waals surface area contributed by atoms with Crippen molar-refractivity contribution >= 4 is 23.2 Å². The van der Waals surface area contributed by atoms with Crippen LogP contribution in [0.2, 0.25) is 5.02 Å². The molecule has 0 atom stereocenters. The summed E-state index contributed by atoms with van der Waals surface area (Å²) >= 11 is 5.97. The van der Waals surface area contributed by atoms with Gasteiger partial charge < -0.3 is 10.2 Å². The van der Waals surface area contributed by atoms with Crippen LogP contribution in [-0.2, 0) is 19.3 Å². The van der Waals surface area contributed by atoms with Gasteiger partial charge in [-0.15, -0.1) is 0 Å². The van der Waals surface area contributed by atoms with Crippen molar-refractivity contribution in [1.82, 2.24) is 10.2 Å². The number of carbonyl (C=O) groups excluding carboxylic acids is 1. The van der Waals surface area contributed by atoms with Crippen molar-refractivity contribution in [3.8, 4) is 0 Å². The Bertz CT molecular complexity index is 1110. The van der Waals surface area contributed by atoms with E-state index in [1.807, 2.05) is 36.4 Å². The monoisotopic (exact) mass is 487 g/mol. The first kappa shape index (κ1) is 24.1. The molecule has 1 aliphatic rings. The zero-order valence-corrected chi connectivity index (χ0v) is 19.2. The summed E-state index contributed by atoms with van der Waals surface area (Å²) in [6.07, 6.45) is -4.40. The van der Waals surface area contributed by atoms with E-state index in [-0.39, 0.29) is 12.5 Å². The summed E-state index contributed by atoms with van der Waals surface area (Å²) < 4.78 is 38.6. The van der Waals surface area contributed by atoms with Crippen molar-refractivity contribution in [1.29, 1.82) is 0 Å². The zero-order chi connectivity index (χ0) is 24.1. The summed E-state index contributed by atoms with van der Waals surface area (Å²) in [6, 6.07) is 20.2. The number of alkyl halides is 3. The van der Waals surface area contributed by atoms with Gasteiger partial charge in [0.2, 0.25) is 0 Å². The third-order valence-electron chi connectivity index (χ3n) is 5.89. The number of benzene rings is 3. The van der Waals surface area contributed by atoms with Crippen LogP contribution in [0.3, 0.4) is 0 Å². The van der Waals surface area contributed by atoms with E-state index in [0.29, 0.717) is 11.1 Å². The fourth-order valence-electron chi connectivity index (χ4n) is 3.98. The van der Waals surface area contributed by atoms with E-state index in [1.54, 1.807) is 18.2 Å². The third-order valence-corrected chi connectivity index (χ3v) is 6.15. The lowest BCUT2D eigenvalue weighted by molar-refractivity contribution is -0.137. The van der Waals surface area contributed by atoms with Crippen LogP contribution in [-0.4, -0.2) is 37.0 Å². The van der Waals surface area contributed by atoms with E-state index >= 15 is 0 Å². The first-order chi connectivity index (χ1) is 16.3. The van der Waals surface area contributed by atoms with Gasteiger partial charge in [0.15, 0.2) is 0 Å². The summed E-state index contributed by atoms with van der Waals surface area (Å²) in [6.45, 7) is 4.54. The van der Waals surface area contributed by atoms with Crippen LogP contribution in [0, 0.1) is 0 Å². The summed E-state index contributed by atoms with van der Waals surface area (Å²) in [4.78, 5) is 17.1. The molecule has 178 valence electrons. The zero-order valence-electron chi connectivity index (χ0n) is 18.5. The van der Waals surface area contributed by atoms with Gasteiger partial charge >= 0.3 is 6.18 Å². The van der Waals surface area contributed by atoms with Crippen molar-refractivity contribution in [2.45, 2.75) is 19.3 Å². The smallest absolute Gasteiger partial charge is 0.369 e. The SMILES string of the molecule is O=C(NCc1cccc(C(F)(F)F)c1)c1ccc(CN2CCN(c3ccc(Cl)cc3)CC2)cc1. The number of hydrogen-bond acceptors (Lipinski definition) is 3. The van der Waals surface area contributed by atoms with Gasteiger partial charge in [-0.25, -0.2) is 0 Å². The summed E-state index contributed by atoms with van der Waals surface area (Å²) in [5, 5.41) is 3.42. The van der Waals surface area contributed by atoms with E-state index < -0.39 is 11.7 Å². The van der Waals surface area contributed by atoms with Crippen LogP contribution in [0.25, 0.3) is 0 Å². The van der Waals surface area contributed by atoms with Gasteiger partial charge in [0.05, 0.1) is 5.56 Å². The number of anilines is 1. The quantitative estimate of drug-likeness (QED) is 0.491. The first-order valence-electron chi connectivity index (χ1n) is 11.0. The molecule has 34 heavy (non-hydrogen) atoms. The fourth-order valence-corrected chi connectivity index (χ4v) is 4.10. The maximum absolute atomic E-state index is 12.9. The molecule has 3 aromatic carbocycles. The van der Waals surface area contributed by atoms with Gasteiger partial charge in [-0.3, -0.25) is 9.69 Å². The van der Waals surface area contributed by atoms with Crippen LogP contribution >= 0.6 is 11.6 Å². The predicted octanol–water partition coefficient (Wildman–Crippen LogP) is 5.61. The molecule has 1 heterocycles. The molecule has 3 aromatic rings. The molecule has 4 rings (SSSR count). The molecule has 0 spiro atoms. The Morgan fingerprint density at radius 1 is 0.882 bits per heavy atom. The Balaban J connectivity index is 1.26. The molecule has 1 saturated heterocycles. The topological polar surface area (TPSA) is 35.6 Å². The van der Waals surface area contributed by atoms with Crippen molar-refractivity contribution in [3.05, 3.63) is 100 Å². The number of nitrogens with one attached hydrogen (secondary N) is 1. The third kappa shape index (κ3) is 6.30. The fraction of sp³-hybridized carbons (Fsp3) is 0.269. The minimum Gasteiger partial charge on any atom is -0.369 e. The number of nitrogens with zero attached hydrogens (tertiary/aromatic N) is 2. The van der Waals surface area contributed by atoms with Crippen molar-refractivity contribution in [2.75, 3.05) is 31.1 Å². The average molecular weight is 488 g/mol. The Kier molecular flexibility index (Phi) is 7.44. The van der Waals surface area contributed by atoms with Crippen molar-refractivity contribution in [3.63, 3.8) is 0 Å². The second kappa shape index (κ2) is 10.5. The van der Waals surface area contributed by atoms with E-state index in [4.69, 9.17) is 11.6 Å². The van der Waals surface area contributed by atoms with Crippen molar-refractivity contribution < 1.29 is 18.0 Å². The largest absolute Gasteiger partial charge is 0.416 e. The van der Waals surface area contributed by atoms with Crippen LogP contribution in [0.15, 0.2) is 72.8 Å². The van der Waals surface area contributed by atoms with Crippen LogP contribution in [0.5, 0.6) is 0 Å². The van der Waals surface area contributed by atoms with Crippen molar-refractivity contribution in [2.24, 2.45) is 0 Å². The molecule has 1 amide bonds. The molecule has 0 aromatic heterocycles. The average Bonchev–Trinajstić information content (AvgIpc) is 2.84. The predicted molar refractivity (Wildman–Crippen MR) is 128 cm³/mol. The van der Waals surface area contributed by atoms with Gasteiger partial charge in [-0.05, 0) is 59.7 Å². The highest BCUT2D eigenvalue weighted by Crippen LogP contribution is 2.29. The number of hydrogen-bond donors (Lipinski definition) is 1. The lowest BCUT2D eigenvalue weighted by atomic mass is 10.1. The summed E-state index contributed by atoms with van der Waals surface area (Å²) in [7, 11) is 0. The maximum Gasteiger partial charge on any atom is 0.416 e. The highest BCUT2D eigenvalue weighted by atomic mass is 35.5. The van der Waals surface area contributed by atoms with Gasteiger partial charge in [-0.1, -0.05) is 35.9 Å². The van der Waals surface area contributed by atoms with Gasteiger partial charge in [0, 0.05) is 55.5 Å². The summed E-state index contributed by atoms with van der Waals surface area (Å²) in [5.74, 6) is -0.319. The molecular formula is C26H25ClF3N3O. The molecule has 0 radical (unpaired) electrons. The minimum atomic E-state index is -4.40. The van der Waals surface area contributed by atoms with E-state index in [1.165, 1.54) is 11.8 Å². The molecule has 0 aliphatic carbocycles. The number of amides is 1. The minimum absolute atomic E-state index is 0.0302. The van der Waals surface area contributed by atoms with Crippen LogP contribution in [0.4, 0.5) is 18.9 Å². The lowest BCUT2D eigenvalue weighted by Crippen LogP contribution is -2.45. The maximum atomic E-state index is 12.9. The Morgan fingerprint density at radius 2 is 1.56 bits per heavy atom. The molecule has 0 bridgehead atoms. The number of halogens is 4. The van der Waals surface area contributed by atoms with Gasteiger partial charge in [0.25, 0.3) is 5.91 Å². The normalized spacial score (nSPS) is 14.8. The standard InChI is InChI=1S/C26H25ClF3N3O/c27-23-8-10-24(11-9-23)33-14-12-32(13-15-33)18-19-4-6-21(7-5-19)25(34)31-17-20-2-1-3-22(16-20)26(28,29)30/h1-11,16H,12-15,17-18H2,(H,31,34). The van der Waals surface area contributed by atoms with E-state index in [0.717, 1.165) is 55.4 Å². The Hall–Kier alpha value is -3.03. The second-order valence-corrected chi connectivity index (χ2v) is 8.75. The molecule has 8 heteroatoms. The van der Waals surface area contributed by atoms with E-state index in [2.05, 4.69) is 15.1 Å². The molecule has 4 nitrogen and oxygen atoms in total. The molecular weight excluding hydrogens is 463 g/mol.